The average molecular weight is 662 g/mol. The zero-order chi connectivity index (χ0) is 34.2. The van der Waals surface area contributed by atoms with Crippen molar-refractivity contribution in [2.24, 2.45) is 11.8 Å². The van der Waals surface area contributed by atoms with Crippen molar-refractivity contribution >= 4 is 34.4 Å². The van der Waals surface area contributed by atoms with E-state index in [0.29, 0.717) is 51.0 Å². The van der Waals surface area contributed by atoms with Crippen molar-refractivity contribution in [1.29, 1.82) is 0 Å². The molecular formula is C42H31NO7. The average Bonchev–Trinajstić information content (AvgIpc) is 3.87. The Morgan fingerprint density at radius 1 is 0.580 bits per heavy atom. The Labute approximate surface area is 288 Å². The number of methoxy groups -OCH3 is 2. The lowest BCUT2D eigenvalue weighted by Crippen LogP contribution is -2.45. The van der Waals surface area contributed by atoms with Gasteiger partial charge >= 0.3 is 0 Å². The molecule has 50 heavy (non-hydrogen) atoms. The number of allylic oxidation sites excluding steroid dienone is 2. The van der Waals surface area contributed by atoms with E-state index in [1.54, 1.807) is 32.4 Å². The molecule has 4 atom stereocenters. The molecule has 2 aliphatic heterocycles. The highest BCUT2D eigenvalue weighted by Crippen LogP contribution is 2.74. The van der Waals surface area contributed by atoms with Crippen molar-refractivity contribution in [1.82, 2.24) is 0 Å². The number of carbonyl (C=O) groups is 3. The predicted molar refractivity (Wildman–Crippen MR) is 186 cm³/mol. The Morgan fingerprint density at radius 2 is 1.04 bits per heavy atom. The van der Waals surface area contributed by atoms with E-state index in [1.807, 2.05) is 109 Å². The summed E-state index contributed by atoms with van der Waals surface area (Å²) in [6, 6.07) is 39.1. The van der Waals surface area contributed by atoms with Gasteiger partial charge in [-0.15, -0.1) is 0 Å². The molecule has 1 saturated carbocycles. The molecule has 5 aromatic rings. The predicted octanol–water partition coefficient (Wildman–Crippen LogP) is 6.62. The van der Waals surface area contributed by atoms with Crippen LogP contribution in [0.25, 0.3) is 11.1 Å². The second-order valence-electron chi connectivity index (χ2n) is 12.9. The molecule has 0 radical (unpaired) electrons. The summed E-state index contributed by atoms with van der Waals surface area (Å²) in [6.07, 6.45) is 0. The van der Waals surface area contributed by atoms with Gasteiger partial charge in [-0.3, -0.25) is 14.4 Å². The molecule has 0 spiro atoms. The summed E-state index contributed by atoms with van der Waals surface area (Å²) < 4.78 is 22.2. The number of amides is 2. The van der Waals surface area contributed by atoms with E-state index < -0.39 is 34.5 Å². The van der Waals surface area contributed by atoms with Crippen LogP contribution in [0, 0.1) is 11.8 Å². The van der Waals surface area contributed by atoms with Crippen LogP contribution in [0.4, 0.5) is 5.69 Å². The van der Waals surface area contributed by atoms with Crippen molar-refractivity contribution in [2.75, 3.05) is 25.9 Å². The van der Waals surface area contributed by atoms with Crippen LogP contribution in [0.5, 0.6) is 23.0 Å². The SMILES string of the molecule is COc1ccc(C2=C(c3ccc(OC)cc3)[C@@]3(c4ccccc4)C(=O)[C@@]2(c2ccccc2)[C@@H]2C(=O)N(c4ccc5c(c4)OCO5)C(=O)[C@H]23)cc1. The molecule has 1 saturated heterocycles. The molecule has 8 heteroatoms. The number of anilines is 1. The molecule has 2 aliphatic carbocycles. The fourth-order valence-electron chi connectivity index (χ4n) is 8.92. The lowest BCUT2D eigenvalue weighted by molar-refractivity contribution is -0.130. The highest BCUT2D eigenvalue weighted by atomic mass is 16.7. The molecule has 246 valence electrons. The van der Waals surface area contributed by atoms with Crippen molar-refractivity contribution in [2.45, 2.75) is 10.8 Å². The van der Waals surface area contributed by atoms with Gasteiger partial charge in [0.1, 0.15) is 11.5 Å². The molecule has 4 aliphatic rings. The van der Waals surface area contributed by atoms with Crippen LogP contribution in [0.3, 0.4) is 0 Å². The van der Waals surface area contributed by atoms with Crippen LogP contribution < -0.4 is 23.8 Å². The summed E-state index contributed by atoms with van der Waals surface area (Å²) in [4.78, 5) is 47.8. The minimum absolute atomic E-state index is 0.0506. The number of rotatable bonds is 7. The number of fused-ring (bicyclic) bond motifs is 6. The highest BCUT2D eigenvalue weighted by molar-refractivity contribution is 6.39. The fraction of sp³-hybridized carbons (Fsp3) is 0.167. The summed E-state index contributed by atoms with van der Waals surface area (Å²) in [6.45, 7) is 0.0506. The first kappa shape index (κ1) is 29.9. The third kappa shape index (κ3) is 3.73. The maximum atomic E-state index is 16.1. The van der Waals surface area contributed by atoms with E-state index in [9.17, 15) is 0 Å². The lowest BCUT2D eigenvalue weighted by Gasteiger charge is -2.39. The van der Waals surface area contributed by atoms with E-state index in [1.165, 1.54) is 4.90 Å². The van der Waals surface area contributed by atoms with Gasteiger partial charge < -0.3 is 18.9 Å². The molecule has 0 N–H and O–H groups in total. The van der Waals surface area contributed by atoms with Gasteiger partial charge in [-0.1, -0.05) is 84.9 Å². The number of carbonyl (C=O) groups excluding carboxylic acids is 3. The topological polar surface area (TPSA) is 91.4 Å². The van der Waals surface area contributed by atoms with Gasteiger partial charge in [-0.05, 0) is 69.8 Å². The second kappa shape index (κ2) is 10.9. The maximum Gasteiger partial charge on any atom is 0.239 e. The number of benzene rings is 5. The molecule has 2 heterocycles. The summed E-state index contributed by atoms with van der Waals surface area (Å²) in [5.41, 5.74) is 1.53. The number of hydrogen-bond donors (Lipinski definition) is 0. The Hall–Kier alpha value is -6.15. The van der Waals surface area contributed by atoms with Crippen molar-refractivity contribution in [3.05, 3.63) is 150 Å². The van der Waals surface area contributed by atoms with Crippen molar-refractivity contribution in [3.8, 4) is 23.0 Å². The number of nitrogens with zero attached hydrogens (tertiary/aromatic N) is 1. The highest BCUT2D eigenvalue weighted by Gasteiger charge is 2.82. The quantitative estimate of drug-likeness (QED) is 0.181. The Bertz CT molecular complexity index is 2100. The minimum atomic E-state index is -1.52. The first-order valence-electron chi connectivity index (χ1n) is 16.4. The largest absolute Gasteiger partial charge is 0.497 e. The minimum Gasteiger partial charge on any atom is -0.497 e. The van der Waals surface area contributed by atoms with Crippen LogP contribution in [-0.2, 0) is 25.2 Å². The molecule has 8 nitrogen and oxygen atoms in total. The summed E-state index contributed by atoms with van der Waals surface area (Å²) >= 11 is 0. The normalized spacial score (nSPS) is 24.6. The molecule has 5 aromatic carbocycles. The first-order valence-corrected chi connectivity index (χ1v) is 16.4. The first-order chi connectivity index (χ1) is 24.5. The zero-order valence-corrected chi connectivity index (χ0v) is 27.3. The second-order valence-corrected chi connectivity index (χ2v) is 12.9. The fourth-order valence-corrected chi connectivity index (χ4v) is 8.92. The molecule has 2 fully saturated rings. The monoisotopic (exact) mass is 661 g/mol. The molecule has 2 amide bonds. The smallest absolute Gasteiger partial charge is 0.239 e. The van der Waals surface area contributed by atoms with Crippen molar-refractivity contribution in [3.63, 3.8) is 0 Å². The van der Waals surface area contributed by atoms with Gasteiger partial charge in [0, 0.05) is 6.07 Å². The molecule has 0 aromatic heterocycles. The molecule has 9 rings (SSSR count). The van der Waals surface area contributed by atoms with Gasteiger partial charge in [-0.25, -0.2) is 4.90 Å². The van der Waals surface area contributed by atoms with Crippen LogP contribution >= 0.6 is 0 Å². The molecule has 2 bridgehead atoms. The number of hydrogen-bond acceptors (Lipinski definition) is 7. The van der Waals surface area contributed by atoms with Crippen LogP contribution in [0.15, 0.2) is 127 Å². The van der Waals surface area contributed by atoms with E-state index in [0.717, 1.165) is 11.1 Å². The Morgan fingerprint density at radius 3 is 1.50 bits per heavy atom. The number of Topliss-reactive ketones (excluding diaryl/α,β-unsaturated/α-hetero) is 1. The third-order valence-electron chi connectivity index (χ3n) is 10.8. The standard InChI is InChI=1S/C42H31NO7/c1-47-30-18-13-25(14-19-30)34-35(26-15-20-31(48-2)21-16-26)42(28-11-7-4-8-12-28)37-36(41(34,40(42)46)27-9-5-3-6-10-27)38(44)43(39(37)45)29-17-22-32-33(23-29)50-24-49-32/h3-23,36-37H,24H2,1-2H3/t36-,37-,41+,42+/m0/s1. The number of imide groups is 1. The molecular weight excluding hydrogens is 630 g/mol. The summed E-state index contributed by atoms with van der Waals surface area (Å²) in [5.74, 6) is -0.867. The van der Waals surface area contributed by atoms with Gasteiger partial charge in [0.05, 0.1) is 42.6 Å². The van der Waals surface area contributed by atoms with Crippen LogP contribution in [0.2, 0.25) is 0 Å². The van der Waals surface area contributed by atoms with E-state index >= 15 is 14.4 Å². The zero-order valence-electron chi connectivity index (χ0n) is 27.3. The Balaban J connectivity index is 1.41. The van der Waals surface area contributed by atoms with Crippen LogP contribution in [0.1, 0.15) is 22.3 Å². The number of ketones is 1. The third-order valence-corrected chi connectivity index (χ3v) is 10.8. The Kier molecular flexibility index (Phi) is 6.55. The van der Waals surface area contributed by atoms with Crippen molar-refractivity contribution < 1.29 is 33.3 Å². The number of ether oxygens (including phenoxy) is 4. The van der Waals surface area contributed by atoms with Gasteiger partial charge in [0.25, 0.3) is 0 Å². The molecule has 0 unspecified atom stereocenters. The van der Waals surface area contributed by atoms with E-state index in [-0.39, 0.29) is 12.6 Å². The summed E-state index contributed by atoms with van der Waals surface area (Å²) in [5, 5.41) is 0. The van der Waals surface area contributed by atoms with E-state index in [4.69, 9.17) is 18.9 Å². The van der Waals surface area contributed by atoms with Gasteiger partial charge in [-0.2, -0.15) is 0 Å². The van der Waals surface area contributed by atoms with E-state index in [2.05, 4.69) is 0 Å². The summed E-state index contributed by atoms with van der Waals surface area (Å²) in [7, 11) is 3.21. The lowest BCUT2D eigenvalue weighted by atomic mass is 9.59. The van der Waals surface area contributed by atoms with Crippen LogP contribution in [-0.4, -0.2) is 38.6 Å². The van der Waals surface area contributed by atoms with Gasteiger partial charge in [0.2, 0.25) is 18.6 Å². The maximum absolute atomic E-state index is 16.1. The van der Waals surface area contributed by atoms with Gasteiger partial charge in [0.15, 0.2) is 17.3 Å².